The van der Waals surface area contributed by atoms with Crippen LogP contribution in [0.5, 0.6) is 0 Å². The first-order valence-electron chi connectivity index (χ1n) is 9.98. The van der Waals surface area contributed by atoms with Crippen molar-refractivity contribution in [3.05, 3.63) is 65.2 Å². The number of para-hydroxylation sites is 1. The summed E-state index contributed by atoms with van der Waals surface area (Å²) in [6, 6.07) is 17.5. The van der Waals surface area contributed by atoms with E-state index in [1.165, 1.54) is 42.5 Å². The molecule has 0 unspecified atom stereocenters. The largest absolute Gasteiger partial charge is 0.371 e. The Bertz CT molecular complexity index is 748. The van der Waals surface area contributed by atoms with Crippen molar-refractivity contribution in [3.8, 4) is 0 Å². The highest BCUT2D eigenvalue weighted by Crippen LogP contribution is 2.23. The van der Waals surface area contributed by atoms with Gasteiger partial charge in [0, 0.05) is 24.8 Å². The highest BCUT2D eigenvalue weighted by Gasteiger charge is 2.21. The van der Waals surface area contributed by atoms with Gasteiger partial charge < -0.3 is 10.2 Å². The second kappa shape index (κ2) is 7.94. The monoisotopic (exact) mass is 348 g/mol. The van der Waals surface area contributed by atoms with Crippen molar-refractivity contribution in [3.63, 3.8) is 0 Å². The number of aryl methyl sites for hydroxylation is 2. The van der Waals surface area contributed by atoms with Gasteiger partial charge in [-0.25, -0.2) is 0 Å². The molecule has 4 rings (SSSR count). The number of hydrogen-bond donors (Lipinski definition) is 1. The minimum absolute atomic E-state index is 0.166. The third-order valence-electron chi connectivity index (χ3n) is 5.76. The minimum Gasteiger partial charge on any atom is -0.371 e. The predicted molar refractivity (Wildman–Crippen MR) is 107 cm³/mol. The van der Waals surface area contributed by atoms with Crippen molar-refractivity contribution < 1.29 is 4.79 Å². The average molecular weight is 348 g/mol. The second-order valence-electron chi connectivity index (χ2n) is 7.65. The molecule has 3 heteroatoms. The summed E-state index contributed by atoms with van der Waals surface area (Å²) < 4.78 is 0. The zero-order valence-electron chi connectivity index (χ0n) is 15.4. The Hall–Kier alpha value is -2.29. The number of carbonyl (C=O) groups is 1. The molecule has 3 nitrogen and oxygen atoms in total. The van der Waals surface area contributed by atoms with Crippen LogP contribution in [-0.2, 0) is 24.1 Å². The fraction of sp³-hybridized carbons (Fsp3) is 0.435. The number of amides is 1. The Morgan fingerprint density at radius 2 is 1.69 bits per heavy atom. The zero-order valence-corrected chi connectivity index (χ0v) is 15.4. The summed E-state index contributed by atoms with van der Waals surface area (Å²) in [5.74, 6) is 0.166. The van der Waals surface area contributed by atoms with Crippen LogP contribution in [-0.4, -0.2) is 25.0 Å². The van der Waals surface area contributed by atoms with Gasteiger partial charge in [0.2, 0.25) is 5.91 Å². The summed E-state index contributed by atoms with van der Waals surface area (Å²) >= 11 is 0. The molecule has 1 aliphatic heterocycles. The van der Waals surface area contributed by atoms with Gasteiger partial charge >= 0.3 is 0 Å². The molecule has 1 saturated heterocycles. The molecule has 2 aliphatic rings. The number of fused-ring (bicyclic) bond motifs is 1. The van der Waals surface area contributed by atoms with E-state index in [0.29, 0.717) is 12.5 Å². The summed E-state index contributed by atoms with van der Waals surface area (Å²) in [5, 5.41) is 3.25. The Morgan fingerprint density at radius 3 is 2.46 bits per heavy atom. The molecular formula is C23H28N2O. The topological polar surface area (TPSA) is 32.3 Å². The van der Waals surface area contributed by atoms with Crippen molar-refractivity contribution in [1.29, 1.82) is 0 Å². The van der Waals surface area contributed by atoms with E-state index in [1.807, 2.05) is 0 Å². The number of nitrogens with zero attached hydrogens (tertiary/aromatic N) is 1. The number of nitrogens with one attached hydrogen (secondary N) is 1. The van der Waals surface area contributed by atoms with Crippen LogP contribution in [0.2, 0.25) is 0 Å². The molecule has 0 atom stereocenters. The predicted octanol–water partition coefficient (Wildman–Crippen LogP) is 3.89. The molecule has 0 bridgehead atoms. The van der Waals surface area contributed by atoms with Crippen LogP contribution < -0.4 is 10.2 Å². The van der Waals surface area contributed by atoms with E-state index in [-0.39, 0.29) is 5.91 Å². The quantitative estimate of drug-likeness (QED) is 0.909. The smallest absolute Gasteiger partial charge is 0.224 e. The van der Waals surface area contributed by atoms with Gasteiger partial charge in [0.1, 0.15) is 0 Å². The van der Waals surface area contributed by atoms with E-state index in [1.54, 1.807) is 0 Å². The van der Waals surface area contributed by atoms with Crippen LogP contribution >= 0.6 is 0 Å². The second-order valence-corrected chi connectivity index (χ2v) is 7.65. The lowest BCUT2D eigenvalue weighted by Crippen LogP contribution is -2.45. The zero-order chi connectivity index (χ0) is 17.8. The lowest BCUT2D eigenvalue weighted by Gasteiger charge is -2.34. The number of hydrogen-bond acceptors (Lipinski definition) is 2. The number of rotatable bonds is 4. The van der Waals surface area contributed by atoms with Crippen LogP contribution in [0, 0.1) is 0 Å². The fourth-order valence-corrected chi connectivity index (χ4v) is 4.28. The molecule has 1 N–H and O–H groups in total. The van der Waals surface area contributed by atoms with Crippen LogP contribution in [0.25, 0.3) is 0 Å². The molecule has 136 valence electrons. The van der Waals surface area contributed by atoms with Gasteiger partial charge in [-0.05, 0) is 67.3 Å². The third-order valence-corrected chi connectivity index (χ3v) is 5.76. The summed E-state index contributed by atoms with van der Waals surface area (Å²) in [6.07, 6.45) is 7.49. The van der Waals surface area contributed by atoms with Crippen LogP contribution in [0.3, 0.4) is 0 Å². The summed E-state index contributed by atoms with van der Waals surface area (Å²) in [5.41, 5.74) is 5.38. The molecule has 1 aliphatic carbocycles. The first-order valence-corrected chi connectivity index (χ1v) is 9.98. The number of anilines is 1. The van der Waals surface area contributed by atoms with Gasteiger partial charge in [0.25, 0.3) is 0 Å². The van der Waals surface area contributed by atoms with Crippen LogP contribution in [0.15, 0.2) is 48.5 Å². The summed E-state index contributed by atoms with van der Waals surface area (Å²) in [6.45, 7) is 2.02. The fourth-order valence-electron chi connectivity index (χ4n) is 4.28. The maximum atomic E-state index is 12.5. The van der Waals surface area contributed by atoms with Crippen molar-refractivity contribution >= 4 is 11.6 Å². The normalized spacial score (nSPS) is 17.6. The van der Waals surface area contributed by atoms with Gasteiger partial charge in [-0.1, -0.05) is 36.4 Å². The first kappa shape index (κ1) is 17.1. The SMILES string of the molecule is O=C(Cc1ccc2c(c1)CCCC2)NC1CCN(c2ccccc2)CC1. The molecule has 0 spiro atoms. The van der Waals surface area contributed by atoms with Crippen LogP contribution in [0.4, 0.5) is 5.69 Å². The molecule has 2 aromatic carbocycles. The van der Waals surface area contributed by atoms with Gasteiger partial charge in [-0.2, -0.15) is 0 Å². The van der Waals surface area contributed by atoms with E-state index < -0.39 is 0 Å². The molecule has 0 aromatic heterocycles. The number of benzene rings is 2. The Balaban J connectivity index is 1.28. The highest BCUT2D eigenvalue weighted by atomic mass is 16.1. The van der Waals surface area contributed by atoms with Crippen molar-refractivity contribution in [2.24, 2.45) is 0 Å². The highest BCUT2D eigenvalue weighted by molar-refractivity contribution is 5.79. The Kier molecular flexibility index (Phi) is 5.24. The van der Waals surface area contributed by atoms with Gasteiger partial charge in [-0.15, -0.1) is 0 Å². The van der Waals surface area contributed by atoms with Crippen molar-refractivity contribution in [2.75, 3.05) is 18.0 Å². The van der Waals surface area contributed by atoms with E-state index in [4.69, 9.17) is 0 Å². The Labute approximate surface area is 156 Å². The molecule has 1 fully saturated rings. The van der Waals surface area contributed by atoms with E-state index in [9.17, 15) is 4.79 Å². The standard InChI is InChI=1S/C23H28N2O/c26-23(17-18-10-11-19-6-4-5-7-20(19)16-18)24-21-12-14-25(15-13-21)22-8-2-1-3-9-22/h1-3,8-11,16,21H,4-7,12-15,17H2,(H,24,26). The van der Waals surface area contributed by atoms with Crippen molar-refractivity contribution in [2.45, 2.75) is 51.0 Å². The lowest BCUT2D eigenvalue weighted by atomic mass is 9.90. The summed E-state index contributed by atoms with van der Waals surface area (Å²) in [7, 11) is 0. The minimum atomic E-state index is 0.166. The Morgan fingerprint density at radius 1 is 0.962 bits per heavy atom. The van der Waals surface area contributed by atoms with E-state index in [0.717, 1.165) is 31.5 Å². The molecule has 2 aromatic rings. The third kappa shape index (κ3) is 4.09. The molecule has 1 heterocycles. The van der Waals surface area contributed by atoms with E-state index in [2.05, 4.69) is 58.7 Å². The van der Waals surface area contributed by atoms with Gasteiger partial charge in [0.05, 0.1) is 6.42 Å². The molecule has 26 heavy (non-hydrogen) atoms. The molecule has 0 saturated carbocycles. The molecule has 0 radical (unpaired) electrons. The first-order chi connectivity index (χ1) is 12.8. The summed E-state index contributed by atoms with van der Waals surface area (Å²) in [4.78, 5) is 14.9. The average Bonchev–Trinajstić information content (AvgIpc) is 2.69. The van der Waals surface area contributed by atoms with Crippen LogP contribution in [0.1, 0.15) is 42.4 Å². The van der Waals surface area contributed by atoms with Gasteiger partial charge in [0.15, 0.2) is 0 Å². The number of carbonyl (C=O) groups excluding carboxylic acids is 1. The molecular weight excluding hydrogens is 320 g/mol. The van der Waals surface area contributed by atoms with E-state index >= 15 is 0 Å². The lowest BCUT2D eigenvalue weighted by molar-refractivity contribution is -0.121. The maximum absolute atomic E-state index is 12.5. The number of piperidine rings is 1. The van der Waals surface area contributed by atoms with Gasteiger partial charge in [-0.3, -0.25) is 4.79 Å². The molecule has 1 amide bonds. The van der Waals surface area contributed by atoms with Crippen molar-refractivity contribution in [1.82, 2.24) is 5.32 Å². The maximum Gasteiger partial charge on any atom is 0.224 e.